The van der Waals surface area contributed by atoms with Crippen LogP contribution in [0.3, 0.4) is 0 Å². The molecule has 0 saturated carbocycles. The van der Waals surface area contributed by atoms with E-state index >= 15 is 0 Å². The van der Waals surface area contributed by atoms with Gasteiger partial charge in [-0.2, -0.15) is 0 Å². The van der Waals surface area contributed by atoms with E-state index < -0.39 is 0 Å². The minimum absolute atomic E-state index is 0.953. The van der Waals surface area contributed by atoms with Crippen molar-refractivity contribution in [2.45, 2.75) is 6.92 Å². The Kier molecular flexibility index (Phi) is 2.64. The van der Waals surface area contributed by atoms with Crippen LogP contribution in [0, 0.1) is 6.92 Å². The molecule has 0 amide bonds. The Morgan fingerprint density at radius 2 is 1.67 bits per heavy atom. The number of hydrogen-bond acceptors (Lipinski definition) is 1. The highest BCUT2D eigenvalue weighted by Gasteiger charge is 1.99. The normalized spacial score (nSPS) is 9.93. The molecule has 2 aromatic carbocycles. The fourth-order valence-electron chi connectivity index (χ4n) is 1.64. The van der Waals surface area contributed by atoms with Gasteiger partial charge >= 0.3 is 0 Å². The van der Waals surface area contributed by atoms with Crippen LogP contribution in [-0.4, -0.2) is 6.72 Å². The summed E-state index contributed by atoms with van der Waals surface area (Å²) in [7, 11) is 0. The van der Waals surface area contributed by atoms with Crippen molar-refractivity contribution in [3.63, 3.8) is 0 Å². The van der Waals surface area contributed by atoms with Crippen LogP contribution in [0.4, 0.5) is 5.69 Å². The standard InChI is InChI=1S/C14H13N/c1-11-10-13(8-9-14(11)15-2)12-6-4-3-5-7-12/h3-10H,2H2,1H3. The summed E-state index contributed by atoms with van der Waals surface area (Å²) in [6.45, 7) is 5.60. The Hall–Kier alpha value is -1.89. The molecule has 15 heavy (non-hydrogen) atoms. The molecule has 0 fully saturated rings. The lowest BCUT2D eigenvalue weighted by molar-refractivity contribution is 1.41. The maximum absolute atomic E-state index is 3.95. The molecule has 0 aliphatic rings. The van der Waals surface area contributed by atoms with Crippen molar-refractivity contribution in [3.05, 3.63) is 54.1 Å². The highest BCUT2D eigenvalue weighted by molar-refractivity contribution is 5.67. The third kappa shape index (κ3) is 1.96. The lowest BCUT2D eigenvalue weighted by Crippen LogP contribution is -1.79. The van der Waals surface area contributed by atoms with E-state index in [1.807, 2.05) is 24.3 Å². The van der Waals surface area contributed by atoms with E-state index in [9.17, 15) is 0 Å². The second kappa shape index (κ2) is 4.09. The quantitative estimate of drug-likeness (QED) is 0.642. The number of benzene rings is 2. The number of aryl methyl sites for hydroxylation is 1. The van der Waals surface area contributed by atoms with Crippen LogP contribution in [-0.2, 0) is 0 Å². The molecule has 0 radical (unpaired) electrons. The lowest BCUT2D eigenvalue weighted by Gasteiger charge is -2.04. The Morgan fingerprint density at radius 3 is 2.27 bits per heavy atom. The summed E-state index contributed by atoms with van der Waals surface area (Å²) in [4.78, 5) is 3.95. The van der Waals surface area contributed by atoms with E-state index in [2.05, 4.69) is 42.9 Å². The van der Waals surface area contributed by atoms with Crippen LogP contribution in [0.2, 0.25) is 0 Å². The zero-order valence-electron chi connectivity index (χ0n) is 8.77. The van der Waals surface area contributed by atoms with E-state index in [0.29, 0.717) is 0 Å². The Morgan fingerprint density at radius 1 is 0.933 bits per heavy atom. The summed E-state index contributed by atoms with van der Waals surface area (Å²) in [5, 5.41) is 0. The van der Waals surface area contributed by atoms with Crippen LogP contribution in [0.15, 0.2) is 53.5 Å². The van der Waals surface area contributed by atoms with Crippen LogP contribution in [0.5, 0.6) is 0 Å². The molecule has 0 spiro atoms. The van der Waals surface area contributed by atoms with Gasteiger partial charge in [-0.05, 0) is 42.5 Å². The minimum atomic E-state index is 0.953. The van der Waals surface area contributed by atoms with E-state index in [-0.39, 0.29) is 0 Å². The van der Waals surface area contributed by atoms with Crippen molar-refractivity contribution in [2.75, 3.05) is 0 Å². The largest absolute Gasteiger partial charge is 0.264 e. The molecular formula is C14H13N. The van der Waals surface area contributed by atoms with Crippen molar-refractivity contribution in [2.24, 2.45) is 4.99 Å². The van der Waals surface area contributed by atoms with Crippen LogP contribution in [0.25, 0.3) is 11.1 Å². The maximum atomic E-state index is 3.95. The third-order valence-corrected chi connectivity index (χ3v) is 2.47. The van der Waals surface area contributed by atoms with Gasteiger partial charge in [0.25, 0.3) is 0 Å². The SMILES string of the molecule is C=Nc1ccc(-c2ccccc2)cc1C. The van der Waals surface area contributed by atoms with Gasteiger partial charge in [0.05, 0.1) is 5.69 Å². The fourth-order valence-corrected chi connectivity index (χ4v) is 1.64. The first-order chi connectivity index (χ1) is 7.31. The highest BCUT2D eigenvalue weighted by Crippen LogP contribution is 2.25. The summed E-state index contributed by atoms with van der Waals surface area (Å²) in [6.07, 6.45) is 0. The van der Waals surface area contributed by atoms with Gasteiger partial charge in [-0.1, -0.05) is 36.4 Å². The van der Waals surface area contributed by atoms with Gasteiger partial charge in [-0.25, -0.2) is 0 Å². The predicted octanol–water partition coefficient (Wildman–Crippen LogP) is 3.99. The van der Waals surface area contributed by atoms with Gasteiger partial charge < -0.3 is 0 Å². The molecule has 2 rings (SSSR count). The van der Waals surface area contributed by atoms with Gasteiger partial charge in [0.15, 0.2) is 0 Å². The Balaban J connectivity index is 2.47. The topological polar surface area (TPSA) is 12.4 Å². The van der Waals surface area contributed by atoms with Crippen LogP contribution < -0.4 is 0 Å². The number of aliphatic imine (C=N–C) groups is 1. The molecule has 0 aliphatic heterocycles. The first-order valence-electron chi connectivity index (χ1n) is 4.94. The van der Waals surface area contributed by atoms with Gasteiger partial charge in [-0.3, -0.25) is 4.99 Å². The summed E-state index contributed by atoms with van der Waals surface area (Å²) in [6, 6.07) is 16.5. The summed E-state index contributed by atoms with van der Waals surface area (Å²) in [5.41, 5.74) is 4.57. The summed E-state index contributed by atoms with van der Waals surface area (Å²) in [5.74, 6) is 0. The predicted molar refractivity (Wildman–Crippen MR) is 65.8 cm³/mol. The van der Waals surface area contributed by atoms with Gasteiger partial charge in [0.1, 0.15) is 0 Å². The second-order valence-corrected chi connectivity index (χ2v) is 3.53. The minimum Gasteiger partial charge on any atom is -0.264 e. The Bertz CT molecular complexity index is 472. The fraction of sp³-hybridized carbons (Fsp3) is 0.0714. The molecule has 0 aliphatic carbocycles. The van der Waals surface area contributed by atoms with Crippen molar-refractivity contribution in [1.29, 1.82) is 0 Å². The first kappa shape index (κ1) is 9.66. The molecule has 0 unspecified atom stereocenters. The Labute approximate surface area is 90.1 Å². The molecular weight excluding hydrogens is 182 g/mol. The highest BCUT2D eigenvalue weighted by atomic mass is 14.7. The third-order valence-electron chi connectivity index (χ3n) is 2.47. The second-order valence-electron chi connectivity index (χ2n) is 3.53. The molecule has 0 aromatic heterocycles. The first-order valence-corrected chi connectivity index (χ1v) is 4.94. The van der Waals surface area contributed by atoms with Crippen molar-refractivity contribution in [3.8, 4) is 11.1 Å². The molecule has 0 bridgehead atoms. The smallest absolute Gasteiger partial charge is 0.0651 e. The van der Waals surface area contributed by atoms with E-state index in [4.69, 9.17) is 0 Å². The molecule has 0 atom stereocenters. The number of rotatable bonds is 2. The van der Waals surface area contributed by atoms with Gasteiger partial charge in [0.2, 0.25) is 0 Å². The summed E-state index contributed by atoms with van der Waals surface area (Å²) >= 11 is 0. The summed E-state index contributed by atoms with van der Waals surface area (Å²) < 4.78 is 0. The molecule has 2 aromatic rings. The van der Waals surface area contributed by atoms with Crippen molar-refractivity contribution < 1.29 is 0 Å². The van der Waals surface area contributed by atoms with Gasteiger partial charge in [-0.15, -0.1) is 0 Å². The maximum Gasteiger partial charge on any atom is 0.0651 e. The molecule has 1 nitrogen and oxygen atoms in total. The zero-order valence-corrected chi connectivity index (χ0v) is 8.77. The molecule has 1 heteroatoms. The molecule has 0 N–H and O–H groups in total. The molecule has 0 saturated heterocycles. The molecule has 74 valence electrons. The molecule has 0 heterocycles. The van der Waals surface area contributed by atoms with E-state index in [1.54, 1.807) is 0 Å². The average Bonchev–Trinajstić information content (AvgIpc) is 2.30. The van der Waals surface area contributed by atoms with Gasteiger partial charge in [0, 0.05) is 0 Å². The number of nitrogens with zero attached hydrogens (tertiary/aromatic N) is 1. The zero-order chi connectivity index (χ0) is 10.7. The van der Waals surface area contributed by atoms with Crippen LogP contribution >= 0.6 is 0 Å². The monoisotopic (exact) mass is 195 g/mol. The van der Waals surface area contributed by atoms with Crippen molar-refractivity contribution in [1.82, 2.24) is 0 Å². The van der Waals surface area contributed by atoms with E-state index in [1.165, 1.54) is 11.1 Å². The average molecular weight is 195 g/mol. The number of hydrogen-bond donors (Lipinski definition) is 0. The van der Waals surface area contributed by atoms with Crippen LogP contribution in [0.1, 0.15) is 5.56 Å². The lowest BCUT2D eigenvalue weighted by atomic mass is 10.0. The van der Waals surface area contributed by atoms with Crippen molar-refractivity contribution >= 4 is 12.4 Å². The van der Waals surface area contributed by atoms with E-state index in [0.717, 1.165) is 11.3 Å².